The molecule has 0 spiro atoms. The van der Waals surface area contributed by atoms with Crippen LogP contribution in [0.4, 0.5) is 0 Å². The average Bonchev–Trinajstić information content (AvgIpc) is 3.79. The van der Waals surface area contributed by atoms with Gasteiger partial charge < -0.3 is 36.6 Å². The van der Waals surface area contributed by atoms with E-state index in [0.717, 1.165) is 44.2 Å². The van der Waals surface area contributed by atoms with E-state index in [1.54, 1.807) is 10.3 Å². The van der Waals surface area contributed by atoms with Crippen LogP contribution in [0.15, 0.2) is 35.7 Å². The molecule has 18 heteroatoms. The Labute approximate surface area is 405 Å². The minimum absolute atomic E-state index is 0.000193. The van der Waals surface area contributed by atoms with Crippen LogP contribution in [-0.2, 0) is 35.1 Å². The van der Waals surface area contributed by atoms with E-state index in [1.165, 1.54) is 39.8 Å². The number of Topliss-reactive ketones (excluding diaryl/α,β-unsaturated/α-hetero) is 1. The lowest BCUT2D eigenvalue weighted by atomic mass is 9.92. The summed E-state index contributed by atoms with van der Waals surface area (Å²) in [6.07, 6.45) is 5.49. The van der Waals surface area contributed by atoms with E-state index in [2.05, 4.69) is 40.0 Å². The van der Waals surface area contributed by atoms with E-state index in [4.69, 9.17) is 15.5 Å². The Kier molecular flexibility index (Phi) is 25.8. The molecule has 0 bridgehead atoms. The van der Waals surface area contributed by atoms with Gasteiger partial charge in [0, 0.05) is 74.5 Å². The van der Waals surface area contributed by atoms with Gasteiger partial charge in [0.15, 0.2) is 0 Å². The molecule has 1 saturated heterocycles. The van der Waals surface area contributed by atoms with Crippen molar-refractivity contribution in [3.8, 4) is 0 Å². The van der Waals surface area contributed by atoms with Crippen LogP contribution in [0.5, 0.6) is 0 Å². The maximum absolute atomic E-state index is 14.4. The third kappa shape index (κ3) is 19.2. The number of aromatic nitrogens is 1. The number of hydrogen-bond donors (Lipinski definition) is 5. The molecule has 0 radical (unpaired) electrons. The molecule has 66 heavy (non-hydrogen) atoms. The van der Waals surface area contributed by atoms with Crippen molar-refractivity contribution >= 4 is 68.2 Å². The van der Waals surface area contributed by atoms with Gasteiger partial charge in [-0.1, -0.05) is 106 Å². The molecular weight excluding hydrogens is 897 g/mol. The molecule has 0 saturated carbocycles. The number of ether oxygens (including phenoxy) is 1. The maximum atomic E-state index is 14.4. The van der Waals surface area contributed by atoms with Crippen LogP contribution < -0.4 is 27.0 Å². The Hall–Kier alpha value is -3.55. The van der Waals surface area contributed by atoms with Crippen molar-refractivity contribution < 1.29 is 33.5 Å². The molecule has 1 aliphatic rings. The number of benzene rings is 1. The molecule has 5 amide bonds. The predicted octanol–water partition coefficient (Wildman–Crippen LogP) is 5.79. The number of hydrogen-bond acceptors (Lipinski definition) is 13. The summed E-state index contributed by atoms with van der Waals surface area (Å²) >= 11 is 1.35. The Morgan fingerprint density at radius 1 is 0.970 bits per heavy atom. The van der Waals surface area contributed by atoms with Crippen LogP contribution in [0.25, 0.3) is 0 Å². The lowest BCUT2D eigenvalue weighted by molar-refractivity contribution is -0.141. The maximum Gasteiger partial charge on any atom is 0.270 e. The van der Waals surface area contributed by atoms with Gasteiger partial charge in [-0.05, 0) is 70.0 Å². The van der Waals surface area contributed by atoms with Gasteiger partial charge in [-0.25, -0.2) is 4.98 Å². The molecule has 8 atom stereocenters. The fourth-order valence-electron chi connectivity index (χ4n) is 7.88. The van der Waals surface area contributed by atoms with Crippen LogP contribution in [-0.4, -0.2) is 132 Å². The van der Waals surface area contributed by atoms with Gasteiger partial charge in [0.05, 0.1) is 12.1 Å². The van der Waals surface area contributed by atoms with E-state index >= 15 is 0 Å². The molecule has 15 nitrogen and oxygen atoms in total. The smallest absolute Gasteiger partial charge is 0.270 e. The summed E-state index contributed by atoms with van der Waals surface area (Å²) in [5.41, 5.74) is 7.26. The quantitative estimate of drug-likeness (QED) is 0.0467. The highest BCUT2D eigenvalue weighted by Crippen LogP contribution is 2.31. The molecule has 1 aliphatic heterocycles. The predicted molar refractivity (Wildman–Crippen MR) is 268 cm³/mol. The summed E-state index contributed by atoms with van der Waals surface area (Å²) in [5, 5.41) is 14.4. The van der Waals surface area contributed by atoms with Crippen molar-refractivity contribution in [2.75, 3.05) is 51.8 Å². The monoisotopic (exact) mass is 975 g/mol. The van der Waals surface area contributed by atoms with E-state index < -0.39 is 24.1 Å². The average molecular weight is 975 g/mol. The highest BCUT2D eigenvalue weighted by Gasteiger charge is 2.37. The molecule has 2 aromatic rings. The molecule has 370 valence electrons. The fraction of sp³-hybridized carbons (Fsp3) is 0.688. The summed E-state index contributed by atoms with van der Waals surface area (Å²) in [6.45, 7) is 15.6. The van der Waals surface area contributed by atoms with Crippen molar-refractivity contribution in [2.24, 2.45) is 23.5 Å². The van der Waals surface area contributed by atoms with Crippen molar-refractivity contribution in [3.05, 3.63) is 52.0 Å². The van der Waals surface area contributed by atoms with Crippen LogP contribution in [0.2, 0.25) is 0 Å². The van der Waals surface area contributed by atoms with E-state index in [0.29, 0.717) is 48.9 Å². The second kappa shape index (κ2) is 30.0. The number of carbonyl (C=O) groups excluding carboxylic acids is 6. The summed E-state index contributed by atoms with van der Waals surface area (Å²) in [6, 6.07) is 7.60. The zero-order valence-corrected chi connectivity index (χ0v) is 43.2. The minimum atomic E-state index is -0.697. The highest BCUT2D eigenvalue weighted by molar-refractivity contribution is 8.76. The summed E-state index contributed by atoms with van der Waals surface area (Å²) in [5.74, 6) is -0.412. The Morgan fingerprint density at radius 3 is 2.33 bits per heavy atom. The topological polar surface area (TPSA) is 205 Å². The molecule has 3 rings (SSSR count). The molecule has 1 fully saturated rings. The summed E-state index contributed by atoms with van der Waals surface area (Å²) in [7, 11) is 6.74. The number of likely N-dealkylation sites (N-methyl/N-ethyl adjacent to an activating group) is 2. The molecule has 2 heterocycles. The number of rotatable bonds is 30. The molecular formula is C48H78N8O7S3. The van der Waals surface area contributed by atoms with Crippen LogP contribution in [0.1, 0.15) is 127 Å². The highest BCUT2D eigenvalue weighted by atomic mass is 33.1. The minimum Gasteiger partial charge on any atom is -0.371 e. The number of carbonyl (C=O) groups is 6. The number of nitrogens with zero attached hydrogens (tertiary/aromatic N) is 3. The van der Waals surface area contributed by atoms with Crippen LogP contribution >= 0.6 is 32.9 Å². The van der Waals surface area contributed by atoms with E-state index in [1.807, 2.05) is 72.1 Å². The zero-order valence-electron chi connectivity index (χ0n) is 40.8. The SMILES string of the molecule is CCCO[C@H](C[C@H](C(C)C)N(C)C(=O)[C@@H](NC(=O)[C@H]1CCCCN1C)C(C)CC)c1nc(C(=O)N[C@@H](Cc2ccccc2)C[C@H](C)C(=O)NCCSSC[C@@H](N)C(=O)NCCC(C)=O)cs1. The zero-order chi connectivity index (χ0) is 48.8. The number of piperidine rings is 1. The molecule has 1 aromatic carbocycles. The Morgan fingerprint density at radius 2 is 1.68 bits per heavy atom. The Balaban J connectivity index is 1.67. The van der Waals surface area contributed by atoms with Crippen molar-refractivity contribution in [3.63, 3.8) is 0 Å². The molecule has 6 N–H and O–H groups in total. The molecule has 0 aliphatic carbocycles. The third-order valence-electron chi connectivity index (χ3n) is 12.1. The second-order valence-electron chi connectivity index (χ2n) is 18.0. The fourth-order valence-corrected chi connectivity index (χ4v) is 10.8. The Bertz CT molecular complexity index is 1820. The number of nitrogens with two attached hydrogens (primary N) is 1. The first-order chi connectivity index (χ1) is 31.5. The van der Waals surface area contributed by atoms with Gasteiger partial charge in [0.1, 0.15) is 28.6 Å². The van der Waals surface area contributed by atoms with E-state index in [-0.39, 0.29) is 83.9 Å². The van der Waals surface area contributed by atoms with Gasteiger partial charge in [-0.15, -0.1) is 11.3 Å². The van der Waals surface area contributed by atoms with Gasteiger partial charge in [-0.2, -0.15) is 0 Å². The van der Waals surface area contributed by atoms with Gasteiger partial charge in [0.2, 0.25) is 23.6 Å². The lowest BCUT2D eigenvalue weighted by Crippen LogP contribution is -2.58. The van der Waals surface area contributed by atoms with E-state index in [9.17, 15) is 28.8 Å². The molecule has 1 unspecified atom stereocenters. The van der Waals surface area contributed by atoms with Crippen LogP contribution in [0.3, 0.4) is 0 Å². The largest absolute Gasteiger partial charge is 0.371 e. The van der Waals surface area contributed by atoms with Gasteiger partial charge in [-0.3, -0.25) is 33.7 Å². The lowest BCUT2D eigenvalue weighted by Gasteiger charge is -2.38. The van der Waals surface area contributed by atoms with Gasteiger partial charge >= 0.3 is 0 Å². The molecule has 1 aromatic heterocycles. The first-order valence-electron chi connectivity index (χ1n) is 23.7. The standard InChI is InChI=1S/C48H78N8O7S3/c1-10-24-63-41(28-40(31(3)4)56(9)48(62)42(32(5)11-2)54-46(61)39-19-15-16-23-55(39)8)47-53-38(30-64-47)45(60)52-36(27-35-17-13-12-14-18-35)26-33(6)43(58)51-22-25-65-66-29-37(49)44(59)50-21-20-34(7)57/h12-14,17-18,30-33,36-37,39-42H,10-11,15-16,19-29,49H2,1-9H3,(H,50,59)(H,51,58)(H,52,60)(H,54,61)/t32?,33-,36+,37+,39+,40+,41+,42-/m0/s1. The third-order valence-corrected chi connectivity index (χ3v) is 15.5. The summed E-state index contributed by atoms with van der Waals surface area (Å²) in [4.78, 5) is 87.1. The number of ketones is 1. The number of thiazole rings is 1. The normalized spacial score (nSPS) is 17.4. The first-order valence-corrected chi connectivity index (χ1v) is 27.1. The number of amides is 5. The second-order valence-corrected chi connectivity index (χ2v) is 21.6. The van der Waals surface area contributed by atoms with Crippen molar-refractivity contribution in [2.45, 2.75) is 143 Å². The van der Waals surface area contributed by atoms with Gasteiger partial charge in [0.25, 0.3) is 5.91 Å². The van der Waals surface area contributed by atoms with Crippen molar-refractivity contribution in [1.29, 1.82) is 0 Å². The first kappa shape index (κ1) is 56.8. The van der Waals surface area contributed by atoms with Crippen molar-refractivity contribution in [1.82, 2.24) is 36.1 Å². The number of nitrogens with one attached hydrogen (secondary N) is 4. The van der Waals surface area contributed by atoms with Crippen LogP contribution in [0, 0.1) is 17.8 Å². The number of likely N-dealkylation sites (tertiary alicyclic amines) is 1. The summed E-state index contributed by atoms with van der Waals surface area (Å²) < 4.78 is 6.42.